The molecule has 2 aliphatic rings. The summed E-state index contributed by atoms with van der Waals surface area (Å²) in [5.41, 5.74) is 0.432. The van der Waals surface area contributed by atoms with Crippen molar-refractivity contribution in [1.82, 2.24) is 5.32 Å². The quantitative estimate of drug-likeness (QED) is 0.785. The molecule has 0 aromatic heterocycles. The lowest BCUT2D eigenvalue weighted by atomic mass is 10.1. The van der Waals surface area contributed by atoms with Crippen molar-refractivity contribution in [3.05, 3.63) is 35.4 Å². The smallest absolute Gasteiger partial charge is 0.223 e. The lowest BCUT2D eigenvalue weighted by Crippen LogP contribution is -2.29. The van der Waals surface area contributed by atoms with E-state index in [-0.39, 0.29) is 17.7 Å². The highest BCUT2D eigenvalue weighted by atomic mass is 19.1. The van der Waals surface area contributed by atoms with Gasteiger partial charge in [-0.1, -0.05) is 6.07 Å². The largest absolute Gasteiger partial charge is 0.379 e. The molecule has 21 heavy (non-hydrogen) atoms. The summed E-state index contributed by atoms with van der Waals surface area (Å²) in [4.78, 5) is 11.9. The molecule has 0 saturated heterocycles. The van der Waals surface area contributed by atoms with Crippen molar-refractivity contribution in [2.75, 3.05) is 19.8 Å². The van der Waals surface area contributed by atoms with Gasteiger partial charge in [0.05, 0.1) is 6.61 Å². The average Bonchev–Trinajstić information content (AvgIpc) is 3.32. The van der Waals surface area contributed by atoms with Gasteiger partial charge in [0.2, 0.25) is 5.91 Å². The fourth-order valence-electron chi connectivity index (χ4n) is 2.54. The van der Waals surface area contributed by atoms with Crippen molar-refractivity contribution < 1.29 is 18.3 Å². The Balaban J connectivity index is 1.40. The summed E-state index contributed by atoms with van der Waals surface area (Å²) in [6, 6.07) is 3.53. The van der Waals surface area contributed by atoms with Gasteiger partial charge in [-0.15, -0.1) is 0 Å². The molecule has 1 N–H and O–H groups in total. The fraction of sp³-hybridized carbons (Fsp3) is 0.562. The monoisotopic (exact) mass is 295 g/mol. The maximum absolute atomic E-state index is 13.6. The molecule has 2 saturated carbocycles. The number of carbonyl (C=O) groups excluding carboxylic acids is 1. The van der Waals surface area contributed by atoms with Gasteiger partial charge in [-0.25, -0.2) is 8.78 Å². The standard InChI is InChI=1S/C16H19F2NO2/c17-11-3-4-12(15(18)7-11)13-8-14(13)16(20)19-5-6-21-9-10-1-2-10/h3-4,7,10,13-14H,1-2,5-6,8-9H2,(H,19,20)/t13-,14-/m1/s1. The first-order valence-corrected chi connectivity index (χ1v) is 7.45. The van der Waals surface area contributed by atoms with E-state index in [0.29, 0.717) is 25.1 Å². The number of hydrogen-bond acceptors (Lipinski definition) is 2. The molecule has 2 atom stereocenters. The Labute approximate surface area is 122 Å². The van der Waals surface area contributed by atoms with Crippen molar-refractivity contribution in [2.45, 2.75) is 25.2 Å². The lowest BCUT2D eigenvalue weighted by Gasteiger charge is -2.06. The summed E-state index contributed by atoms with van der Waals surface area (Å²) in [6.07, 6.45) is 3.12. The second-order valence-electron chi connectivity index (χ2n) is 5.92. The van der Waals surface area contributed by atoms with E-state index < -0.39 is 11.6 Å². The van der Waals surface area contributed by atoms with Gasteiger partial charge >= 0.3 is 0 Å². The summed E-state index contributed by atoms with van der Waals surface area (Å²) in [7, 11) is 0. The van der Waals surface area contributed by atoms with Crippen LogP contribution in [-0.2, 0) is 9.53 Å². The minimum atomic E-state index is -0.592. The number of amides is 1. The second-order valence-corrected chi connectivity index (χ2v) is 5.92. The first-order valence-electron chi connectivity index (χ1n) is 7.45. The number of benzene rings is 1. The molecular weight excluding hydrogens is 276 g/mol. The molecule has 0 radical (unpaired) electrons. The molecule has 1 aromatic carbocycles. The van der Waals surface area contributed by atoms with E-state index in [0.717, 1.165) is 18.6 Å². The van der Waals surface area contributed by atoms with Crippen LogP contribution in [0.1, 0.15) is 30.7 Å². The predicted octanol–water partition coefficient (Wildman–Crippen LogP) is 2.61. The molecule has 3 rings (SSSR count). The van der Waals surface area contributed by atoms with Crippen molar-refractivity contribution in [2.24, 2.45) is 11.8 Å². The summed E-state index contributed by atoms with van der Waals surface area (Å²) >= 11 is 0. The Hall–Kier alpha value is -1.49. The van der Waals surface area contributed by atoms with Gasteiger partial charge < -0.3 is 10.1 Å². The molecule has 5 heteroatoms. The predicted molar refractivity (Wildman–Crippen MR) is 73.8 cm³/mol. The Kier molecular flexibility index (Phi) is 4.19. The highest BCUT2D eigenvalue weighted by Gasteiger charge is 2.45. The first-order chi connectivity index (χ1) is 10.1. The van der Waals surface area contributed by atoms with Crippen LogP contribution in [0.2, 0.25) is 0 Å². The highest BCUT2D eigenvalue weighted by Crippen LogP contribution is 2.48. The van der Waals surface area contributed by atoms with Crippen LogP contribution in [0.15, 0.2) is 18.2 Å². The molecule has 1 amide bonds. The Morgan fingerprint density at radius 3 is 2.86 bits per heavy atom. The van der Waals surface area contributed by atoms with Gasteiger partial charge in [0.25, 0.3) is 0 Å². The highest BCUT2D eigenvalue weighted by molar-refractivity contribution is 5.82. The molecule has 0 unspecified atom stereocenters. The zero-order valence-electron chi connectivity index (χ0n) is 11.8. The summed E-state index contributed by atoms with van der Waals surface area (Å²) in [5, 5.41) is 2.81. The van der Waals surface area contributed by atoms with Crippen LogP contribution in [0, 0.1) is 23.5 Å². The van der Waals surface area contributed by atoms with Gasteiger partial charge in [-0.3, -0.25) is 4.79 Å². The summed E-state index contributed by atoms with van der Waals surface area (Å²) in [6.45, 7) is 1.79. The minimum Gasteiger partial charge on any atom is -0.379 e. The Morgan fingerprint density at radius 1 is 1.33 bits per heavy atom. The molecule has 3 nitrogen and oxygen atoms in total. The van der Waals surface area contributed by atoms with E-state index in [1.807, 2.05) is 0 Å². The van der Waals surface area contributed by atoms with Crippen molar-refractivity contribution >= 4 is 5.91 Å². The number of rotatable bonds is 7. The number of ether oxygens (including phenoxy) is 1. The van der Waals surface area contributed by atoms with Crippen molar-refractivity contribution in [1.29, 1.82) is 0 Å². The van der Waals surface area contributed by atoms with Crippen LogP contribution in [0.25, 0.3) is 0 Å². The molecule has 0 aliphatic heterocycles. The van der Waals surface area contributed by atoms with Crippen molar-refractivity contribution in [3.8, 4) is 0 Å². The first kappa shape index (κ1) is 14.4. The van der Waals surface area contributed by atoms with Crippen LogP contribution in [-0.4, -0.2) is 25.7 Å². The van der Waals surface area contributed by atoms with E-state index in [2.05, 4.69) is 5.32 Å². The molecule has 0 heterocycles. The van der Waals surface area contributed by atoms with Gasteiger partial charge in [0.1, 0.15) is 11.6 Å². The molecule has 0 bridgehead atoms. The molecule has 114 valence electrons. The third-order valence-electron chi connectivity index (χ3n) is 4.09. The Bertz CT molecular complexity index is 531. The van der Waals surface area contributed by atoms with E-state index >= 15 is 0 Å². The van der Waals surface area contributed by atoms with Gasteiger partial charge in [0.15, 0.2) is 0 Å². The van der Waals surface area contributed by atoms with E-state index in [9.17, 15) is 13.6 Å². The van der Waals surface area contributed by atoms with E-state index in [4.69, 9.17) is 4.74 Å². The summed E-state index contributed by atoms with van der Waals surface area (Å²) in [5.74, 6) is -0.839. The molecular formula is C16H19F2NO2. The number of carbonyl (C=O) groups is 1. The molecule has 1 aromatic rings. The number of halogens is 2. The van der Waals surface area contributed by atoms with E-state index in [1.165, 1.54) is 25.0 Å². The van der Waals surface area contributed by atoms with Gasteiger partial charge in [-0.05, 0) is 42.7 Å². The van der Waals surface area contributed by atoms with Crippen LogP contribution < -0.4 is 5.32 Å². The van der Waals surface area contributed by atoms with Gasteiger partial charge in [0, 0.05) is 25.1 Å². The minimum absolute atomic E-state index is 0.0706. The Morgan fingerprint density at radius 2 is 2.14 bits per heavy atom. The maximum Gasteiger partial charge on any atom is 0.223 e. The van der Waals surface area contributed by atoms with Crippen molar-refractivity contribution in [3.63, 3.8) is 0 Å². The second kappa shape index (κ2) is 6.10. The van der Waals surface area contributed by atoms with Crippen LogP contribution >= 0.6 is 0 Å². The maximum atomic E-state index is 13.6. The number of hydrogen-bond donors (Lipinski definition) is 1. The summed E-state index contributed by atoms with van der Waals surface area (Å²) < 4.78 is 31.9. The lowest BCUT2D eigenvalue weighted by molar-refractivity contribution is -0.122. The number of nitrogens with one attached hydrogen (secondary N) is 1. The van der Waals surface area contributed by atoms with Gasteiger partial charge in [-0.2, -0.15) is 0 Å². The molecule has 0 spiro atoms. The molecule has 2 aliphatic carbocycles. The van der Waals surface area contributed by atoms with Crippen LogP contribution in [0.5, 0.6) is 0 Å². The van der Waals surface area contributed by atoms with Crippen LogP contribution in [0.4, 0.5) is 8.78 Å². The zero-order valence-corrected chi connectivity index (χ0v) is 11.8. The topological polar surface area (TPSA) is 38.3 Å². The zero-order chi connectivity index (χ0) is 14.8. The third kappa shape index (κ3) is 3.79. The average molecular weight is 295 g/mol. The van der Waals surface area contributed by atoms with Crippen LogP contribution in [0.3, 0.4) is 0 Å². The normalized spacial score (nSPS) is 23.9. The molecule has 2 fully saturated rings. The van der Waals surface area contributed by atoms with E-state index in [1.54, 1.807) is 0 Å². The SMILES string of the molecule is O=C(NCCOCC1CC1)[C@@H]1C[C@@H]1c1ccc(F)cc1F. The third-order valence-corrected chi connectivity index (χ3v) is 4.09. The fourth-order valence-corrected chi connectivity index (χ4v) is 2.54.